The lowest BCUT2D eigenvalue weighted by Crippen LogP contribution is -2.12. The van der Waals surface area contributed by atoms with Crippen molar-refractivity contribution in [2.24, 2.45) is 5.10 Å². The van der Waals surface area contributed by atoms with E-state index in [0.29, 0.717) is 11.3 Å². The van der Waals surface area contributed by atoms with Gasteiger partial charge in [0.2, 0.25) is 0 Å². The number of aromatic carboxylic acids is 1. The summed E-state index contributed by atoms with van der Waals surface area (Å²) in [5.74, 6) is -0.922. The van der Waals surface area contributed by atoms with Gasteiger partial charge in [0, 0.05) is 11.1 Å². The first-order valence-corrected chi connectivity index (χ1v) is 8.13. The topological polar surface area (TPSA) is 81.9 Å². The second-order valence-corrected chi connectivity index (χ2v) is 7.28. The van der Waals surface area contributed by atoms with Crippen LogP contribution >= 0.6 is 11.6 Å². The lowest BCUT2D eigenvalue weighted by atomic mass is 9.84. The van der Waals surface area contributed by atoms with Gasteiger partial charge in [0.1, 0.15) is 5.75 Å². The predicted molar refractivity (Wildman–Crippen MR) is 101 cm³/mol. The van der Waals surface area contributed by atoms with Crippen LogP contribution in [0.4, 0.5) is 5.69 Å². The molecule has 25 heavy (non-hydrogen) atoms. The predicted octanol–water partition coefficient (Wildman–Crippen LogP) is 4.80. The van der Waals surface area contributed by atoms with Gasteiger partial charge in [0.25, 0.3) is 0 Å². The highest BCUT2D eigenvalue weighted by Gasteiger charge is 2.20. The average molecular weight is 361 g/mol. The van der Waals surface area contributed by atoms with E-state index in [1.807, 2.05) is 39.8 Å². The summed E-state index contributed by atoms with van der Waals surface area (Å²) in [4.78, 5) is 11.1. The van der Waals surface area contributed by atoms with E-state index in [1.165, 1.54) is 18.3 Å². The summed E-state index contributed by atoms with van der Waals surface area (Å²) in [7, 11) is 0. The number of phenolic OH excluding ortho intramolecular Hbond substituents is 1. The van der Waals surface area contributed by atoms with Crippen LogP contribution in [0, 0.1) is 6.92 Å². The monoisotopic (exact) mass is 360 g/mol. The van der Waals surface area contributed by atoms with Crippen molar-refractivity contribution >= 4 is 29.5 Å². The third-order valence-corrected chi connectivity index (χ3v) is 4.02. The molecule has 0 fully saturated rings. The van der Waals surface area contributed by atoms with Crippen molar-refractivity contribution in [3.8, 4) is 5.75 Å². The number of hydrogen-bond acceptors (Lipinski definition) is 4. The van der Waals surface area contributed by atoms with Crippen LogP contribution in [0.1, 0.15) is 47.8 Å². The van der Waals surface area contributed by atoms with Crippen LogP contribution < -0.4 is 5.43 Å². The first-order chi connectivity index (χ1) is 11.6. The number of hydrazone groups is 1. The molecule has 0 heterocycles. The maximum Gasteiger partial charge on any atom is 0.337 e. The molecule has 0 aromatic heterocycles. The zero-order valence-corrected chi connectivity index (χ0v) is 15.3. The second kappa shape index (κ2) is 7.15. The molecule has 2 aromatic rings. The number of nitrogens with one attached hydrogen (secondary N) is 1. The van der Waals surface area contributed by atoms with Gasteiger partial charge < -0.3 is 10.2 Å². The van der Waals surface area contributed by atoms with E-state index >= 15 is 0 Å². The minimum absolute atomic E-state index is 0.00436. The van der Waals surface area contributed by atoms with Gasteiger partial charge in [-0.3, -0.25) is 5.43 Å². The third kappa shape index (κ3) is 4.51. The molecule has 0 saturated heterocycles. The number of carboxylic acids is 1. The highest BCUT2D eigenvalue weighted by Crippen LogP contribution is 2.33. The molecule has 0 aliphatic heterocycles. The molecule has 6 heteroatoms. The summed E-state index contributed by atoms with van der Waals surface area (Å²) in [6.07, 6.45) is 1.51. The average Bonchev–Trinajstić information content (AvgIpc) is 2.50. The van der Waals surface area contributed by atoms with Gasteiger partial charge in [-0.25, -0.2) is 4.79 Å². The molecule has 0 saturated carbocycles. The molecule has 0 amide bonds. The fraction of sp³-hybridized carbons (Fsp3) is 0.263. The summed E-state index contributed by atoms with van der Waals surface area (Å²) in [6.45, 7) is 8.04. The maximum absolute atomic E-state index is 11.1. The molecule has 0 unspecified atom stereocenters. The zero-order chi connectivity index (χ0) is 18.8. The SMILES string of the molecule is Cc1cc(C=NNc2ccc(Cl)c(C(=O)O)c2)c(O)c(C(C)(C)C)c1. The highest BCUT2D eigenvalue weighted by molar-refractivity contribution is 6.33. The van der Waals surface area contributed by atoms with Crippen LogP contribution in [-0.4, -0.2) is 22.4 Å². The maximum atomic E-state index is 11.1. The summed E-state index contributed by atoms with van der Waals surface area (Å²) in [5.41, 5.74) is 5.49. The fourth-order valence-electron chi connectivity index (χ4n) is 2.41. The number of benzene rings is 2. The largest absolute Gasteiger partial charge is 0.507 e. The highest BCUT2D eigenvalue weighted by atomic mass is 35.5. The van der Waals surface area contributed by atoms with Crippen molar-refractivity contribution in [2.45, 2.75) is 33.1 Å². The number of halogens is 1. The van der Waals surface area contributed by atoms with Gasteiger partial charge in [-0.15, -0.1) is 0 Å². The molecule has 3 N–H and O–H groups in total. The van der Waals surface area contributed by atoms with Gasteiger partial charge in [-0.2, -0.15) is 5.10 Å². The molecule has 0 spiro atoms. The van der Waals surface area contributed by atoms with E-state index in [4.69, 9.17) is 16.7 Å². The van der Waals surface area contributed by atoms with Crippen molar-refractivity contribution in [3.63, 3.8) is 0 Å². The van der Waals surface area contributed by atoms with Gasteiger partial charge in [-0.05, 0) is 42.2 Å². The summed E-state index contributed by atoms with van der Waals surface area (Å²) in [5, 5.41) is 23.8. The molecule has 0 aliphatic carbocycles. The van der Waals surface area contributed by atoms with Crippen molar-refractivity contribution in [2.75, 3.05) is 5.43 Å². The first-order valence-electron chi connectivity index (χ1n) is 7.75. The van der Waals surface area contributed by atoms with E-state index in [0.717, 1.165) is 11.1 Å². The number of aryl methyl sites for hydroxylation is 1. The number of aromatic hydroxyl groups is 1. The molecule has 132 valence electrons. The van der Waals surface area contributed by atoms with E-state index in [9.17, 15) is 9.90 Å². The number of phenols is 1. The molecule has 0 bridgehead atoms. The lowest BCUT2D eigenvalue weighted by Gasteiger charge is -2.22. The normalized spacial score (nSPS) is 11.7. The van der Waals surface area contributed by atoms with Crippen LogP contribution in [0.25, 0.3) is 0 Å². The number of anilines is 1. The second-order valence-electron chi connectivity index (χ2n) is 6.87. The standard InChI is InChI=1S/C19H21ClN2O3/c1-11-7-12(17(23)15(8-11)19(2,3)4)10-21-22-13-5-6-16(20)14(9-13)18(24)25/h5-10,22-23H,1-4H3,(H,24,25). The molecular formula is C19H21ClN2O3. The van der Waals surface area contributed by atoms with E-state index in [2.05, 4.69) is 10.5 Å². The summed E-state index contributed by atoms with van der Waals surface area (Å²) >= 11 is 5.84. The molecular weight excluding hydrogens is 340 g/mol. The van der Waals surface area contributed by atoms with Crippen molar-refractivity contribution in [1.29, 1.82) is 0 Å². The van der Waals surface area contributed by atoms with Gasteiger partial charge >= 0.3 is 5.97 Å². The van der Waals surface area contributed by atoms with Crippen molar-refractivity contribution in [3.05, 3.63) is 57.6 Å². The van der Waals surface area contributed by atoms with Crippen LogP contribution in [0.5, 0.6) is 5.75 Å². The van der Waals surface area contributed by atoms with Crippen LogP contribution in [-0.2, 0) is 5.41 Å². The number of carboxylic acid groups (broad SMARTS) is 1. The fourth-order valence-corrected chi connectivity index (χ4v) is 2.61. The summed E-state index contributed by atoms with van der Waals surface area (Å²) in [6, 6.07) is 8.31. The zero-order valence-electron chi connectivity index (χ0n) is 14.6. The molecule has 5 nitrogen and oxygen atoms in total. The van der Waals surface area contributed by atoms with Gasteiger partial charge in [-0.1, -0.05) is 38.4 Å². The number of rotatable bonds is 4. The van der Waals surface area contributed by atoms with Crippen LogP contribution in [0.15, 0.2) is 35.4 Å². The Kier molecular flexibility index (Phi) is 5.38. The van der Waals surface area contributed by atoms with E-state index < -0.39 is 5.97 Å². The minimum Gasteiger partial charge on any atom is -0.507 e. The first kappa shape index (κ1) is 18.8. The quantitative estimate of drug-likeness (QED) is 0.540. The number of carbonyl (C=O) groups is 1. The molecule has 0 atom stereocenters. The Balaban J connectivity index is 2.28. The number of nitrogens with zero attached hydrogens (tertiary/aromatic N) is 1. The van der Waals surface area contributed by atoms with Crippen molar-refractivity contribution < 1.29 is 15.0 Å². The Morgan fingerprint density at radius 1 is 1.24 bits per heavy atom. The van der Waals surface area contributed by atoms with Gasteiger partial charge in [0.05, 0.1) is 22.5 Å². The third-order valence-electron chi connectivity index (χ3n) is 3.69. The Bertz CT molecular complexity index is 839. The molecule has 2 aromatic carbocycles. The van der Waals surface area contributed by atoms with Crippen LogP contribution in [0.3, 0.4) is 0 Å². The molecule has 2 rings (SSSR count). The Labute approximate surface area is 152 Å². The Hall–Kier alpha value is -2.53. The smallest absolute Gasteiger partial charge is 0.337 e. The molecule has 0 aliphatic rings. The van der Waals surface area contributed by atoms with Gasteiger partial charge in [0.15, 0.2) is 0 Å². The van der Waals surface area contributed by atoms with Crippen LogP contribution in [0.2, 0.25) is 5.02 Å². The Morgan fingerprint density at radius 2 is 1.92 bits per heavy atom. The van der Waals surface area contributed by atoms with E-state index in [-0.39, 0.29) is 21.8 Å². The Morgan fingerprint density at radius 3 is 2.52 bits per heavy atom. The lowest BCUT2D eigenvalue weighted by molar-refractivity contribution is 0.0697. The number of hydrogen-bond donors (Lipinski definition) is 3. The molecule has 0 radical (unpaired) electrons. The summed E-state index contributed by atoms with van der Waals surface area (Å²) < 4.78 is 0. The minimum atomic E-state index is -1.11. The van der Waals surface area contributed by atoms with E-state index in [1.54, 1.807) is 6.07 Å². The van der Waals surface area contributed by atoms with Crippen molar-refractivity contribution in [1.82, 2.24) is 0 Å².